The Hall–Kier alpha value is -0.860. The second-order valence-electron chi connectivity index (χ2n) is 5.16. The van der Waals surface area contributed by atoms with E-state index in [1.807, 2.05) is 18.2 Å². The molecule has 0 saturated carbocycles. The van der Waals surface area contributed by atoms with Crippen molar-refractivity contribution in [3.05, 3.63) is 34.9 Å². The zero-order valence-corrected chi connectivity index (χ0v) is 9.75. The van der Waals surface area contributed by atoms with Crippen LogP contribution in [0.4, 0.5) is 0 Å². The Morgan fingerprint density at radius 3 is 2.07 bits per heavy atom. The molecule has 0 unspecified atom stereocenters. The van der Waals surface area contributed by atoms with Crippen molar-refractivity contribution in [2.75, 3.05) is 0 Å². The van der Waals surface area contributed by atoms with Gasteiger partial charge in [0.2, 0.25) is 0 Å². The van der Waals surface area contributed by atoms with Gasteiger partial charge in [-0.25, -0.2) is 0 Å². The fourth-order valence-electron chi connectivity index (χ4n) is 1.70. The largest absolute Gasteiger partial charge is 0.392 e. The number of aliphatic hydroxyl groups is 2. The highest BCUT2D eigenvalue weighted by atomic mass is 16.3. The van der Waals surface area contributed by atoms with Crippen LogP contribution in [0.3, 0.4) is 0 Å². The van der Waals surface area contributed by atoms with E-state index < -0.39 is 0 Å². The van der Waals surface area contributed by atoms with Crippen LogP contribution in [0.2, 0.25) is 0 Å². The Bertz CT molecular complexity index is 324. The predicted molar refractivity (Wildman–Crippen MR) is 61.4 cm³/mol. The maximum Gasteiger partial charge on any atom is 0.0685 e. The first-order valence-corrected chi connectivity index (χ1v) is 5.28. The highest BCUT2D eigenvalue weighted by Crippen LogP contribution is 2.22. The van der Waals surface area contributed by atoms with Crippen molar-refractivity contribution >= 4 is 0 Å². The molecule has 0 spiro atoms. The summed E-state index contributed by atoms with van der Waals surface area (Å²) in [5, 5.41) is 18.2. The fourth-order valence-corrected chi connectivity index (χ4v) is 1.70. The maximum absolute atomic E-state index is 9.16. The van der Waals surface area contributed by atoms with E-state index in [-0.39, 0.29) is 18.6 Å². The summed E-state index contributed by atoms with van der Waals surface area (Å²) in [5.74, 6) is 0. The molecule has 0 aromatic heterocycles. The Balaban J connectivity index is 2.93. The van der Waals surface area contributed by atoms with E-state index in [0.29, 0.717) is 0 Å². The number of hydrogen-bond donors (Lipinski definition) is 2. The number of benzene rings is 1. The van der Waals surface area contributed by atoms with Gasteiger partial charge in [-0.1, -0.05) is 39.0 Å². The normalized spacial score (nSPS) is 11.8. The lowest BCUT2D eigenvalue weighted by Gasteiger charge is -2.19. The molecule has 0 radical (unpaired) electrons. The van der Waals surface area contributed by atoms with Crippen LogP contribution in [-0.4, -0.2) is 10.2 Å². The molecule has 0 amide bonds. The van der Waals surface area contributed by atoms with Crippen molar-refractivity contribution in [1.29, 1.82) is 0 Å². The Morgan fingerprint density at radius 2 is 1.60 bits per heavy atom. The minimum Gasteiger partial charge on any atom is -0.392 e. The van der Waals surface area contributed by atoms with Crippen molar-refractivity contribution in [2.45, 2.75) is 40.4 Å². The van der Waals surface area contributed by atoms with E-state index in [1.165, 1.54) is 5.56 Å². The second kappa shape index (κ2) is 4.77. The van der Waals surface area contributed by atoms with E-state index in [1.54, 1.807) is 0 Å². The standard InChI is InChI=1S/C13H20O2/c1-13(2,3)7-10-4-5-11(8-14)12(6-10)9-15/h4-6,14-15H,7-9H2,1-3H3. The first kappa shape index (κ1) is 12.2. The van der Waals surface area contributed by atoms with Gasteiger partial charge in [-0.3, -0.25) is 0 Å². The van der Waals surface area contributed by atoms with Gasteiger partial charge >= 0.3 is 0 Å². The van der Waals surface area contributed by atoms with E-state index in [4.69, 9.17) is 10.2 Å². The molecule has 2 N–H and O–H groups in total. The molecule has 0 bridgehead atoms. The zero-order valence-electron chi connectivity index (χ0n) is 9.75. The van der Waals surface area contributed by atoms with Gasteiger partial charge in [-0.05, 0) is 28.5 Å². The Labute approximate surface area is 91.6 Å². The molecule has 0 saturated heterocycles. The van der Waals surface area contributed by atoms with Crippen LogP contribution in [0.25, 0.3) is 0 Å². The lowest BCUT2D eigenvalue weighted by Crippen LogP contribution is -2.09. The molecule has 2 nitrogen and oxygen atoms in total. The minimum atomic E-state index is -0.00824. The average Bonchev–Trinajstić information content (AvgIpc) is 2.15. The molecule has 0 fully saturated rings. The summed E-state index contributed by atoms with van der Waals surface area (Å²) in [4.78, 5) is 0. The summed E-state index contributed by atoms with van der Waals surface area (Å²) in [6.45, 7) is 6.54. The van der Waals surface area contributed by atoms with Crippen LogP contribution >= 0.6 is 0 Å². The first-order chi connectivity index (χ1) is 6.96. The molecule has 0 aliphatic heterocycles. The smallest absolute Gasteiger partial charge is 0.0685 e. The maximum atomic E-state index is 9.16. The molecule has 84 valence electrons. The monoisotopic (exact) mass is 208 g/mol. The van der Waals surface area contributed by atoms with Crippen LogP contribution in [0.1, 0.15) is 37.5 Å². The topological polar surface area (TPSA) is 40.5 Å². The van der Waals surface area contributed by atoms with Gasteiger partial charge in [0.15, 0.2) is 0 Å². The lowest BCUT2D eigenvalue weighted by molar-refractivity contribution is 0.259. The third-order valence-corrected chi connectivity index (χ3v) is 2.35. The molecule has 15 heavy (non-hydrogen) atoms. The van der Waals surface area contributed by atoms with Crippen molar-refractivity contribution in [2.24, 2.45) is 5.41 Å². The highest BCUT2D eigenvalue weighted by molar-refractivity contribution is 5.31. The van der Waals surface area contributed by atoms with Crippen molar-refractivity contribution in [3.63, 3.8) is 0 Å². The number of rotatable bonds is 3. The van der Waals surface area contributed by atoms with E-state index in [9.17, 15) is 0 Å². The Morgan fingerprint density at radius 1 is 1.00 bits per heavy atom. The summed E-state index contributed by atoms with van der Waals surface area (Å²) in [5.41, 5.74) is 3.10. The van der Waals surface area contributed by atoms with E-state index in [2.05, 4.69) is 20.8 Å². The molecule has 1 aromatic carbocycles. The van der Waals surface area contributed by atoms with Gasteiger partial charge < -0.3 is 10.2 Å². The second-order valence-corrected chi connectivity index (χ2v) is 5.16. The molecule has 0 aliphatic rings. The van der Waals surface area contributed by atoms with Crippen molar-refractivity contribution in [1.82, 2.24) is 0 Å². The average molecular weight is 208 g/mol. The highest BCUT2D eigenvalue weighted by Gasteiger charge is 2.12. The third-order valence-electron chi connectivity index (χ3n) is 2.35. The molecule has 2 heteroatoms. The molecule has 0 atom stereocenters. The molecule has 1 rings (SSSR count). The van der Waals surface area contributed by atoms with Crippen LogP contribution in [0.5, 0.6) is 0 Å². The zero-order chi connectivity index (χ0) is 11.5. The predicted octanol–water partition coefficient (Wildman–Crippen LogP) is 2.26. The first-order valence-electron chi connectivity index (χ1n) is 5.28. The van der Waals surface area contributed by atoms with E-state index in [0.717, 1.165) is 17.5 Å². The van der Waals surface area contributed by atoms with Crippen LogP contribution < -0.4 is 0 Å². The summed E-state index contributed by atoms with van der Waals surface area (Å²) in [6.07, 6.45) is 0.978. The van der Waals surface area contributed by atoms with Crippen LogP contribution in [-0.2, 0) is 19.6 Å². The summed E-state index contributed by atoms with van der Waals surface area (Å²) < 4.78 is 0. The summed E-state index contributed by atoms with van der Waals surface area (Å²) in [7, 11) is 0. The molecule has 1 aromatic rings. The molecule has 0 aliphatic carbocycles. The van der Waals surface area contributed by atoms with Gasteiger partial charge in [0.1, 0.15) is 0 Å². The van der Waals surface area contributed by atoms with Crippen molar-refractivity contribution in [3.8, 4) is 0 Å². The Kier molecular flexibility index (Phi) is 3.89. The molecular weight excluding hydrogens is 188 g/mol. The minimum absolute atomic E-state index is 0.00608. The van der Waals surface area contributed by atoms with Gasteiger partial charge in [0.05, 0.1) is 13.2 Å². The third kappa shape index (κ3) is 3.65. The SMILES string of the molecule is CC(C)(C)Cc1ccc(CO)c(CO)c1. The van der Waals surface area contributed by atoms with Gasteiger partial charge in [-0.15, -0.1) is 0 Å². The van der Waals surface area contributed by atoms with Gasteiger partial charge in [0.25, 0.3) is 0 Å². The van der Waals surface area contributed by atoms with Crippen LogP contribution in [0.15, 0.2) is 18.2 Å². The number of aliphatic hydroxyl groups excluding tert-OH is 2. The summed E-state index contributed by atoms with van der Waals surface area (Å²) in [6, 6.07) is 5.90. The number of hydrogen-bond acceptors (Lipinski definition) is 2. The van der Waals surface area contributed by atoms with Crippen molar-refractivity contribution < 1.29 is 10.2 Å². The molecule has 0 heterocycles. The molecular formula is C13H20O2. The summed E-state index contributed by atoms with van der Waals surface area (Å²) >= 11 is 0. The quantitative estimate of drug-likeness (QED) is 0.800. The lowest BCUT2D eigenvalue weighted by atomic mass is 9.87. The van der Waals surface area contributed by atoms with Gasteiger partial charge in [0, 0.05) is 0 Å². The van der Waals surface area contributed by atoms with Gasteiger partial charge in [-0.2, -0.15) is 0 Å². The van der Waals surface area contributed by atoms with Crippen LogP contribution in [0, 0.1) is 5.41 Å². The van der Waals surface area contributed by atoms with E-state index >= 15 is 0 Å². The fraction of sp³-hybridized carbons (Fsp3) is 0.538.